The Kier molecular flexibility index (Phi) is 5.82. The molecule has 0 atom stereocenters. The van der Waals surface area contributed by atoms with Crippen molar-refractivity contribution in [1.29, 1.82) is 5.41 Å². The summed E-state index contributed by atoms with van der Waals surface area (Å²) in [6.07, 6.45) is 0.804. The van der Waals surface area contributed by atoms with Gasteiger partial charge in [-0.15, -0.1) is 0 Å². The van der Waals surface area contributed by atoms with Gasteiger partial charge in [0.05, 0.1) is 0 Å². The third-order valence-electron chi connectivity index (χ3n) is 3.13. The van der Waals surface area contributed by atoms with E-state index in [9.17, 15) is 0 Å². The number of aryl methyl sites for hydroxylation is 1. The smallest absolute Gasteiger partial charge is 0.122 e. The van der Waals surface area contributed by atoms with Crippen LogP contribution in [0.25, 0.3) is 0 Å². The first kappa shape index (κ1) is 14.7. The zero-order valence-corrected chi connectivity index (χ0v) is 11.2. The average Bonchev–Trinajstić information content (AvgIpc) is 2.35. The van der Waals surface area contributed by atoms with Crippen molar-refractivity contribution in [2.75, 3.05) is 19.7 Å². The quantitative estimate of drug-likeness (QED) is 0.506. The number of rotatable bonds is 7. The minimum Gasteiger partial charge on any atom is -0.396 e. The van der Waals surface area contributed by atoms with Crippen molar-refractivity contribution in [3.05, 3.63) is 34.9 Å². The predicted molar refractivity (Wildman–Crippen MR) is 74.8 cm³/mol. The molecule has 0 spiro atoms. The number of hydrogen-bond acceptors (Lipinski definition) is 3. The summed E-state index contributed by atoms with van der Waals surface area (Å²) in [6.45, 7) is 7.15. The molecule has 0 aliphatic heterocycles. The summed E-state index contributed by atoms with van der Waals surface area (Å²) in [5.74, 6) is 0.109. The van der Waals surface area contributed by atoms with E-state index in [-0.39, 0.29) is 12.4 Å². The lowest BCUT2D eigenvalue weighted by atomic mass is 10.0. The van der Waals surface area contributed by atoms with Gasteiger partial charge in [0, 0.05) is 25.3 Å². The molecule has 0 saturated heterocycles. The third-order valence-corrected chi connectivity index (χ3v) is 3.13. The van der Waals surface area contributed by atoms with E-state index in [0.29, 0.717) is 0 Å². The summed E-state index contributed by atoms with van der Waals surface area (Å²) in [4.78, 5) is 2.30. The van der Waals surface area contributed by atoms with Gasteiger partial charge in [0.1, 0.15) is 5.84 Å². The van der Waals surface area contributed by atoms with Gasteiger partial charge in [-0.2, -0.15) is 0 Å². The number of aliphatic hydroxyl groups excluding tert-OH is 1. The van der Waals surface area contributed by atoms with Crippen LogP contribution in [0.5, 0.6) is 0 Å². The largest absolute Gasteiger partial charge is 0.396 e. The summed E-state index contributed by atoms with van der Waals surface area (Å²) in [6, 6.07) is 5.88. The molecule has 0 saturated carbocycles. The Balaban J connectivity index is 2.74. The van der Waals surface area contributed by atoms with Crippen LogP contribution < -0.4 is 5.73 Å². The number of nitrogen functional groups attached to an aromatic ring is 1. The maximum atomic E-state index is 8.86. The normalized spacial score (nSPS) is 10.9. The Morgan fingerprint density at radius 1 is 1.44 bits per heavy atom. The number of aliphatic hydroxyl groups is 1. The first-order valence-corrected chi connectivity index (χ1v) is 6.35. The van der Waals surface area contributed by atoms with Gasteiger partial charge in [0.25, 0.3) is 0 Å². The van der Waals surface area contributed by atoms with Crippen LogP contribution in [-0.4, -0.2) is 35.5 Å². The first-order chi connectivity index (χ1) is 8.58. The van der Waals surface area contributed by atoms with E-state index in [1.165, 1.54) is 5.56 Å². The Labute approximate surface area is 109 Å². The summed E-state index contributed by atoms with van der Waals surface area (Å²) in [5, 5.41) is 16.3. The van der Waals surface area contributed by atoms with E-state index in [1.54, 1.807) is 0 Å². The molecule has 1 aromatic carbocycles. The van der Waals surface area contributed by atoms with Crippen LogP contribution in [0, 0.1) is 12.3 Å². The van der Waals surface area contributed by atoms with Gasteiger partial charge in [-0.05, 0) is 37.1 Å². The van der Waals surface area contributed by atoms with Crippen molar-refractivity contribution in [3.8, 4) is 0 Å². The molecule has 0 aliphatic carbocycles. The highest BCUT2D eigenvalue weighted by Crippen LogP contribution is 2.13. The van der Waals surface area contributed by atoms with E-state index in [1.807, 2.05) is 25.1 Å². The number of hydrogen-bond donors (Lipinski definition) is 3. The molecule has 0 heterocycles. The summed E-state index contributed by atoms with van der Waals surface area (Å²) < 4.78 is 0. The van der Waals surface area contributed by atoms with Gasteiger partial charge in [0.15, 0.2) is 0 Å². The number of nitrogens with one attached hydrogen (secondary N) is 1. The Bertz CT molecular complexity index is 404. The van der Waals surface area contributed by atoms with E-state index < -0.39 is 0 Å². The molecular formula is C14H23N3O. The molecule has 100 valence electrons. The van der Waals surface area contributed by atoms with Gasteiger partial charge >= 0.3 is 0 Å². The van der Waals surface area contributed by atoms with Crippen LogP contribution in [0.4, 0.5) is 0 Å². The Morgan fingerprint density at radius 3 is 2.67 bits per heavy atom. The topological polar surface area (TPSA) is 73.3 Å². The minimum atomic E-state index is 0.109. The van der Waals surface area contributed by atoms with Crippen LogP contribution in [-0.2, 0) is 6.54 Å². The van der Waals surface area contributed by atoms with Gasteiger partial charge in [0.2, 0.25) is 0 Å². The zero-order valence-electron chi connectivity index (χ0n) is 11.2. The fourth-order valence-electron chi connectivity index (χ4n) is 1.93. The van der Waals surface area contributed by atoms with Crippen molar-refractivity contribution < 1.29 is 5.11 Å². The molecular weight excluding hydrogens is 226 g/mol. The van der Waals surface area contributed by atoms with Crippen molar-refractivity contribution in [1.82, 2.24) is 4.90 Å². The van der Waals surface area contributed by atoms with Gasteiger partial charge in [-0.1, -0.05) is 19.1 Å². The highest BCUT2D eigenvalue weighted by atomic mass is 16.3. The summed E-state index contributed by atoms with van der Waals surface area (Å²) >= 11 is 0. The maximum Gasteiger partial charge on any atom is 0.122 e. The maximum absolute atomic E-state index is 8.86. The van der Waals surface area contributed by atoms with Gasteiger partial charge in [-0.25, -0.2) is 0 Å². The molecule has 4 N–H and O–H groups in total. The lowest BCUT2D eigenvalue weighted by Gasteiger charge is -2.21. The van der Waals surface area contributed by atoms with Crippen molar-refractivity contribution >= 4 is 5.84 Å². The number of nitrogens with zero attached hydrogens (tertiary/aromatic N) is 1. The molecule has 4 nitrogen and oxygen atoms in total. The molecule has 0 unspecified atom stereocenters. The standard InChI is InChI=1S/C14H23N3O/c1-3-17(7-4-8-18)10-13-6-5-12(14(15)16)9-11(13)2/h5-6,9,18H,3-4,7-8,10H2,1-2H3,(H3,15,16). The monoisotopic (exact) mass is 249 g/mol. The Hall–Kier alpha value is -1.39. The molecule has 18 heavy (non-hydrogen) atoms. The summed E-state index contributed by atoms with van der Waals surface area (Å²) in [7, 11) is 0. The minimum absolute atomic E-state index is 0.109. The van der Waals surface area contributed by atoms with Crippen LogP contribution >= 0.6 is 0 Å². The van der Waals surface area contributed by atoms with E-state index >= 15 is 0 Å². The van der Waals surface area contributed by atoms with Crippen LogP contribution in [0.1, 0.15) is 30.0 Å². The first-order valence-electron chi connectivity index (χ1n) is 6.35. The second kappa shape index (κ2) is 7.13. The SMILES string of the molecule is CCN(CCCO)Cc1ccc(C(=N)N)cc1C. The van der Waals surface area contributed by atoms with Crippen LogP contribution in [0.2, 0.25) is 0 Å². The molecule has 1 rings (SSSR count). The van der Waals surface area contributed by atoms with Crippen molar-refractivity contribution in [2.45, 2.75) is 26.8 Å². The summed E-state index contributed by atoms with van der Waals surface area (Å²) in [5.41, 5.74) is 8.65. The van der Waals surface area contributed by atoms with E-state index in [4.69, 9.17) is 16.2 Å². The van der Waals surface area contributed by atoms with E-state index in [0.717, 1.165) is 37.2 Å². The number of nitrogens with two attached hydrogens (primary N) is 1. The third kappa shape index (κ3) is 4.13. The molecule has 0 amide bonds. The molecule has 0 bridgehead atoms. The fourth-order valence-corrected chi connectivity index (χ4v) is 1.93. The second-order valence-electron chi connectivity index (χ2n) is 4.50. The number of benzene rings is 1. The lowest BCUT2D eigenvalue weighted by molar-refractivity contribution is 0.225. The molecule has 4 heteroatoms. The molecule has 0 fully saturated rings. The second-order valence-corrected chi connectivity index (χ2v) is 4.50. The van der Waals surface area contributed by atoms with Crippen molar-refractivity contribution in [3.63, 3.8) is 0 Å². The highest BCUT2D eigenvalue weighted by molar-refractivity contribution is 5.95. The average molecular weight is 249 g/mol. The van der Waals surface area contributed by atoms with Crippen molar-refractivity contribution in [2.24, 2.45) is 5.73 Å². The fraction of sp³-hybridized carbons (Fsp3) is 0.500. The van der Waals surface area contributed by atoms with Gasteiger partial charge < -0.3 is 10.8 Å². The predicted octanol–water partition coefficient (Wildman–Crippen LogP) is 1.48. The lowest BCUT2D eigenvalue weighted by Crippen LogP contribution is -2.25. The van der Waals surface area contributed by atoms with Gasteiger partial charge in [-0.3, -0.25) is 10.3 Å². The number of amidine groups is 1. The van der Waals surface area contributed by atoms with Crippen LogP contribution in [0.3, 0.4) is 0 Å². The highest BCUT2D eigenvalue weighted by Gasteiger charge is 2.07. The molecule has 0 aliphatic rings. The molecule has 1 aromatic rings. The van der Waals surface area contributed by atoms with Crippen LogP contribution in [0.15, 0.2) is 18.2 Å². The molecule has 0 aromatic heterocycles. The molecule has 0 radical (unpaired) electrons. The zero-order chi connectivity index (χ0) is 13.5. The van der Waals surface area contributed by atoms with E-state index in [2.05, 4.69) is 11.8 Å². The Morgan fingerprint density at radius 2 is 2.17 bits per heavy atom.